The van der Waals surface area contributed by atoms with E-state index in [-0.39, 0.29) is 16.0 Å². The molecule has 2 atom stereocenters. The van der Waals surface area contributed by atoms with Gasteiger partial charge in [0.1, 0.15) is 29.5 Å². The van der Waals surface area contributed by atoms with E-state index in [4.69, 9.17) is 0 Å². The first kappa shape index (κ1) is 26.6. The topological polar surface area (TPSA) is 79.4 Å². The molecule has 1 amide bonds. The molecular formula is C24H19F6N3O3S. The molecule has 37 heavy (non-hydrogen) atoms. The van der Waals surface area contributed by atoms with Crippen molar-refractivity contribution in [2.24, 2.45) is 0 Å². The van der Waals surface area contributed by atoms with E-state index in [0.717, 1.165) is 42.6 Å². The van der Waals surface area contributed by atoms with Crippen molar-refractivity contribution in [3.8, 4) is 11.1 Å². The van der Waals surface area contributed by atoms with E-state index < -0.39 is 71.2 Å². The quantitative estimate of drug-likeness (QED) is 0.466. The normalized spacial score (nSPS) is 18.6. The average Bonchev–Trinajstić information content (AvgIpc) is 3.26. The fourth-order valence-corrected chi connectivity index (χ4v) is 5.55. The van der Waals surface area contributed by atoms with E-state index in [9.17, 15) is 39.6 Å². The van der Waals surface area contributed by atoms with Gasteiger partial charge in [0.25, 0.3) is 0 Å². The summed E-state index contributed by atoms with van der Waals surface area (Å²) in [5.74, 6) is -2.27. The molecule has 0 bridgehead atoms. The highest BCUT2D eigenvalue weighted by Crippen LogP contribution is 2.30. The highest BCUT2D eigenvalue weighted by atomic mass is 32.2. The zero-order chi connectivity index (χ0) is 27.0. The van der Waals surface area contributed by atoms with Crippen LogP contribution >= 0.6 is 0 Å². The van der Waals surface area contributed by atoms with Crippen LogP contribution in [0.4, 0.5) is 26.3 Å². The van der Waals surface area contributed by atoms with Gasteiger partial charge < -0.3 is 5.32 Å². The van der Waals surface area contributed by atoms with Crippen LogP contribution in [0.5, 0.6) is 0 Å². The minimum Gasteiger partial charge on any atom is -0.351 e. The third-order valence-corrected chi connectivity index (χ3v) is 7.70. The Kier molecular flexibility index (Phi) is 7.29. The number of carbonyl (C=O) groups is 1. The van der Waals surface area contributed by atoms with E-state index in [1.807, 2.05) is 0 Å². The number of nitrogens with zero attached hydrogens (tertiary/aromatic N) is 2. The van der Waals surface area contributed by atoms with Crippen molar-refractivity contribution in [2.45, 2.75) is 36.3 Å². The molecule has 13 heteroatoms. The second-order valence-electron chi connectivity index (χ2n) is 8.33. The molecule has 2 unspecified atom stereocenters. The predicted octanol–water partition coefficient (Wildman–Crippen LogP) is 4.46. The zero-order valence-electron chi connectivity index (χ0n) is 18.8. The Morgan fingerprint density at radius 2 is 1.70 bits per heavy atom. The molecule has 1 fully saturated rings. The Morgan fingerprint density at radius 3 is 2.32 bits per heavy atom. The number of alkyl halides is 4. The molecule has 2 aromatic carbocycles. The van der Waals surface area contributed by atoms with Crippen LogP contribution in [0.3, 0.4) is 0 Å². The Morgan fingerprint density at radius 1 is 1.03 bits per heavy atom. The molecule has 1 aromatic heterocycles. The summed E-state index contributed by atoms with van der Waals surface area (Å²) in [6, 6.07) is 8.08. The SMILES string of the molecule is O=C(NCc1cc(-c2ccc(C(F)(F)F)nc2)ccc1F)C1CC(F)CN1S(=O)(=O)c1ccc(F)cc1. The number of amides is 1. The second-order valence-corrected chi connectivity index (χ2v) is 10.2. The van der Waals surface area contributed by atoms with Crippen LogP contribution in [0.25, 0.3) is 11.1 Å². The summed E-state index contributed by atoms with van der Waals surface area (Å²) in [7, 11) is -4.33. The van der Waals surface area contributed by atoms with Crippen molar-refractivity contribution in [3.05, 3.63) is 83.7 Å². The molecule has 1 N–H and O–H groups in total. The Bertz CT molecular complexity index is 1400. The highest BCUT2D eigenvalue weighted by molar-refractivity contribution is 7.89. The van der Waals surface area contributed by atoms with Crippen molar-refractivity contribution in [1.29, 1.82) is 0 Å². The van der Waals surface area contributed by atoms with Crippen LogP contribution < -0.4 is 5.32 Å². The summed E-state index contributed by atoms with van der Waals surface area (Å²) >= 11 is 0. The van der Waals surface area contributed by atoms with Gasteiger partial charge in [-0.05, 0) is 48.0 Å². The molecule has 2 heterocycles. The molecule has 0 aliphatic carbocycles. The van der Waals surface area contributed by atoms with Crippen LogP contribution in [-0.2, 0) is 27.5 Å². The summed E-state index contributed by atoms with van der Waals surface area (Å²) in [6.07, 6.45) is -5.69. The predicted molar refractivity (Wildman–Crippen MR) is 120 cm³/mol. The second kappa shape index (κ2) is 10.1. The van der Waals surface area contributed by atoms with E-state index in [1.54, 1.807) is 0 Å². The van der Waals surface area contributed by atoms with Gasteiger partial charge in [-0.2, -0.15) is 17.5 Å². The smallest absolute Gasteiger partial charge is 0.351 e. The van der Waals surface area contributed by atoms with Gasteiger partial charge in [-0.3, -0.25) is 9.78 Å². The number of sulfonamides is 1. The number of carbonyl (C=O) groups excluding carboxylic acids is 1. The minimum absolute atomic E-state index is 0.0338. The number of benzene rings is 2. The van der Waals surface area contributed by atoms with Gasteiger partial charge in [0, 0.05) is 36.8 Å². The van der Waals surface area contributed by atoms with E-state index in [1.165, 1.54) is 18.2 Å². The molecule has 1 aliphatic rings. The molecular weight excluding hydrogens is 524 g/mol. The maximum absolute atomic E-state index is 14.4. The lowest BCUT2D eigenvalue weighted by molar-refractivity contribution is -0.141. The molecule has 4 rings (SSSR count). The van der Waals surface area contributed by atoms with Crippen molar-refractivity contribution >= 4 is 15.9 Å². The third-order valence-electron chi connectivity index (χ3n) is 5.81. The molecule has 0 saturated carbocycles. The van der Waals surface area contributed by atoms with E-state index in [0.29, 0.717) is 9.87 Å². The van der Waals surface area contributed by atoms with Crippen LogP contribution in [-0.4, -0.2) is 42.4 Å². The van der Waals surface area contributed by atoms with Gasteiger partial charge in [0.15, 0.2) is 0 Å². The maximum atomic E-state index is 14.4. The zero-order valence-corrected chi connectivity index (χ0v) is 19.7. The fraction of sp³-hybridized carbons (Fsp3) is 0.250. The summed E-state index contributed by atoms with van der Waals surface area (Å²) < 4.78 is 107. The molecule has 1 saturated heterocycles. The summed E-state index contributed by atoms with van der Waals surface area (Å²) in [5.41, 5.74) is -0.521. The van der Waals surface area contributed by atoms with E-state index in [2.05, 4.69) is 10.3 Å². The van der Waals surface area contributed by atoms with Gasteiger partial charge in [-0.1, -0.05) is 12.1 Å². The fourth-order valence-electron chi connectivity index (χ4n) is 3.92. The highest BCUT2D eigenvalue weighted by Gasteiger charge is 2.44. The van der Waals surface area contributed by atoms with Gasteiger partial charge in [0.05, 0.1) is 4.90 Å². The van der Waals surface area contributed by atoms with Crippen LogP contribution in [0, 0.1) is 11.6 Å². The third kappa shape index (κ3) is 5.77. The first-order valence-corrected chi connectivity index (χ1v) is 12.3. The van der Waals surface area contributed by atoms with Crippen LogP contribution in [0.2, 0.25) is 0 Å². The first-order valence-electron chi connectivity index (χ1n) is 10.9. The van der Waals surface area contributed by atoms with Crippen LogP contribution in [0.1, 0.15) is 17.7 Å². The molecule has 0 radical (unpaired) electrons. The minimum atomic E-state index is -4.62. The molecule has 3 aromatic rings. The number of rotatable bonds is 6. The van der Waals surface area contributed by atoms with Gasteiger partial charge in [-0.15, -0.1) is 0 Å². The number of hydrogen-bond acceptors (Lipinski definition) is 4. The first-order chi connectivity index (χ1) is 17.4. The summed E-state index contributed by atoms with van der Waals surface area (Å²) in [5, 5.41) is 2.40. The van der Waals surface area contributed by atoms with Crippen molar-refractivity contribution in [2.75, 3.05) is 6.54 Å². The number of nitrogens with one attached hydrogen (secondary N) is 1. The van der Waals surface area contributed by atoms with Crippen LogP contribution in [0.15, 0.2) is 65.7 Å². The lowest BCUT2D eigenvalue weighted by Gasteiger charge is -2.23. The molecule has 1 aliphatic heterocycles. The Hall–Kier alpha value is -3.45. The Labute approximate surface area is 208 Å². The van der Waals surface area contributed by atoms with Gasteiger partial charge in [0.2, 0.25) is 15.9 Å². The Balaban J connectivity index is 1.50. The standard InChI is InChI=1S/C24H19F6N3O3S/c25-17-3-5-19(6-4-17)37(35,36)33-13-18(26)10-21(33)23(34)32-12-16-9-14(1-7-20(16)27)15-2-8-22(31-11-15)24(28,29)30/h1-9,11,18,21H,10,12-13H2,(H,32,34). The maximum Gasteiger partial charge on any atom is 0.433 e. The number of pyridine rings is 1. The number of hydrogen-bond donors (Lipinski definition) is 1. The number of halogens is 6. The largest absolute Gasteiger partial charge is 0.433 e. The lowest BCUT2D eigenvalue weighted by atomic mass is 10.0. The van der Waals surface area contributed by atoms with Gasteiger partial charge >= 0.3 is 6.18 Å². The molecule has 196 valence electrons. The number of aromatic nitrogens is 1. The van der Waals surface area contributed by atoms with E-state index >= 15 is 0 Å². The summed E-state index contributed by atoms with van der Waals surface area (Å²) in [6.45, 7) is -0.979. The monoisotopic (exact) mass is 543 g/mol. The molecule has 6 nitrogen and oxygen atoms in total. The van der Waals surface area contributed by atoms with Crippen molar-refractivity contribution in [3.63, 3.8) is 0 Å². The summed E-state index contributed by atoms with van der Waals surface area (Å²) in [4.78, 5) is 15.9. The van der Waals surface area contributed by atoms with Crippen molar-refractivity contribution < 1.29 is 39.6 Å². The lowest BCUT2D eigenvalue weighted by Crippen LogP contribution is -2.45. The van der Waals surface area contributed by atoms with Gasteiger partial charge in [-0.25, -0.2) is 21.6 Å². The van der Waals surface area contributed by atoms with Crippen molar-refractivity contribution in [1.82, 2.24) is 14.6 Å². The molecule has 0 spiro atoms. The average molecular weight is 543 g/mol.